The highest BCUT2D eigenvalue weighted by Crippen LogP contribution is 2.32. The van der Waals surface area contributed by atoms with Gasteiger partial charge in [0.25, 0.3) is 5.24 Å². The fraction of sp³-hybridized carbons (Fsp3) is 0.222. The summed E-state index contributed by atoms with van der Waals surface area (Å²) in [7, 11) is 1.50. The van der Waals surface area contributed by atoms with Crippen molar-refractivity contribution in [3.05, 3.63) is 28.3 Å². The summed E-state index contributed by atoms with van der Waals surface area (Å²) in [5.74, 6) is 0.494. The van der Waals surface area contributed by atoms with Crippen LogP contribution in [-0.2, 0) is 0 Å². The van der Waals surface area contributed by atoms with Crippen LogP contribution < -0.4 is 4.74 Å². The summed E-state index contributed by atoms with van der Waals surface area (Å²) in [4.78, 5) is 10.9. The molecule has 0 aliphatic rings. The maximum Gasteiger partial charge on any atom is 0.254 e. The van der Waals surface area contributed by atoms with Gasteiger partial charge in [-0.05, 0) is 30.2 Å². The van der Waals surface area contributed by atoms with Crippen LogP contribution >= 0.6 is 23.2 Å². The number of carbonyl (C=O) groups is 1. The molecule has 0 fully saturated rings. The van der Waals surface area contributed by atoms with Crippen LogP contribution in [0.25, 0.3) is 0 Å². The number of benzene rings is 1. The standard InChI is InChI=1S/C9H8Cl2O2/c1-5-3-4-6(9(11)12)7(10)8(5)13-2/h3-4H,1-2H3. The fourth-order valence-electron chi connectivity index (χ4n) is 1.05. The molecule has 0 N–H and O–H groups in total. The average Bonchev–Trinajstić information content (AvgIpc) is 2.04. The van der Waals surface area contributed by atoms with Gasteiger partial charge in [-0.2, -0.15) is 0 Å². The van der Waals surface area contributed by atoms with E-state index in [0.29, 0.717) is 5.75 Å². The molecule has 0 aliphatic carbocycles. The Bertz CT molecular complexity index is 348. The summed E-state index contributed by atoms with van der Waals surface area (Å²) in [6.45, 7) is 1.84. The topological polar surface area (TPSA) is 26.3 Å². The van der Waals surface area contributed by atoms with Crippen molar-refractivity contribution in [2.45, 2.75) is 6.92 Å². The number of aryl methyl sites for hydroxylation is 1. The Kier molecular flexibility index (Phi) is 3.17. The van der Waals surface area contributed by atoms with E-state index in [4.69, 9.17) is 27.9 Å². The first-order chi connectivity index (χ1) is 6.07. The highest BCUT2D eigenvalue weighted by Gasteiger charge is 2.13. The number of halogens is 2. The zero-order valence-electron chi connectivity index (χ0n) is 7.23. The van der Waals surface area contributed by atoms with Crippen LogP contribution in [0.4, 0.5) is 0 Å². The van der Waals surface area contributed by atoms with Crippen molar-refractivity contribution < 1.29 is 9.53 Å². The van der Waals surface area contributed by atoms with Crippen molar-refractivity contribution in [2.24, 2.45) is 0 Å². The molecule has 0 spiro atoms. The predicted molar refractivity (Wildman–Crippen MR) is 52.9 cm³/mol. The van der Waals surface area contributed by atoms with Crippen molar-refractivity contribution in [1.82, 2.24) is 0 Å². The van der Waals surface area contributed by atoms with Crippen LogP contribution in [0.2, 0.25) is 5.02 Å². The number of rotatable bonds is 2. The van der Waals surface area contributed by atoms with Gasteiger partial charge in [-0.3, -0.25) is 4.79 Å². The highest BCUT2D eigenvalue weighted by molar-refractivity contribution is 6.68. The lowest BCUT2D eigenvalue weighted by Gasteiger charge is -2.08. The van der Waals surface area contributed by atoms with Crippen molar-refractivity contribution in [1.29, 1.82) is 0 Å². The third kappa shape index (κ3) is 1.95. The van der Waals surface area contributed by atoms with E-state index in [9.17, 15) is 4.79 Å². The van der Waals surface area contributed by atoms with Crippen LogP contribution in [0.15, 0.2) is 12.1 Å². The first-order valence-corrected chi connectivity index (χ1v) is 4.36. The van der Waals surface area contributed by atoms with E-state index in [-0.39, 0.29) is 10.6 Å². The second-order valence-electron chi connectivity index (χ2n) is 2.55. The largest absolute Gasteiger partial charge is 0.495 e. The smallest absolute Gasteiger partial charge is 0.254 e. The maximum absolute atomic E-state index is 10.9. The van der Waals surface area contributed by atoms with E-state index in [0.717, 1.165) is 5.56 Å². The molecule has 4 heteroatoms. The van der Waals surface area contributed by atoms with Gasteiger partial charge in [-0.25, -0.2) is 0 Å². The maximum atomic E-state index is 10.9. The minimum absolute atomic E-state index is 0.266. The molecule has 1 aromatic rings. The zero-order chi connectivity index (χ0) is 10.0. The molecule has 0 amide bonds. The van der Waals surface area contributed by atoms with Crippen molar-refractivity contribution in [2.75, 3.05) is 7.11 Å². The van der Waals surface area contributed by atoms with Crippen molar-refractivity contribution in [3.63, 3.8) is 0 Å². The van der Waals surface area contributed by atoms with Crippen LogP contribution in [-0.4, -0.2) is 12.4 Å². The van der Waals surface area contributed by atoms with E-state index in [1.54, 1.807) is 12.1 Å². The molecule has 2 nitrogen and oxygen atoms in total. The number of methoxy groups -OCH3 is 1. The monoisotopic (exact) mass is 218 g/mol. The second-order valence-corrected chi connectivity index (χ2v) is 3.27. The Morgan fingerprint density at radius 1 is 1.46 bits per heavy atom. The highest BCUT2D eigenvalue weighted by atomic mass is 35.5. The first-order valence-electron chi connectivity index (χ1n) is 3.61. The normalized spacial score (nSPS) is 9.85. The molecule has 0 aromatic heterocycles. The number of ether oxygens (including phenoxy) is 1. The fourth-order valence-corrected chi connectivity index (χ4v) is 1.64. The Labute approximate surface area is 86.4 Å². The summed E-state index contributed by atoms with van der Waals surface area (Å²) in [5.41, 5.74) is 1.14. The molecule has 1 rings (SSSR count). The summed E-state index contributed by atoms with van der Waals surface area (Å²) in [5, 5.41) is -0.314. The summed E-state index contributed by atoms with van der Waals surface area (Å²) in [6, 6.07) is 3.32. The molecule has 0 saturated carbocycles. The zero-order valence-corrected chi connectivity index (χ0v) is 8.74. The SMILES string of the molecule is COc1c(C)ccc(C(=O)Cl)c1Cl. The van der Waals surface area contributed by atoms with Gasteiger partial charge in [-0.1, -0.05) is 17.7 Å². The molecule has 0 aliphatic heterocycles. The quantitative estimate of drug-likeness (QED) is 0.714. The number of hydrogen-bond donors (Lipinski definition) is 0. The molecular weight excluding hydrogens is 211 g/mol. The van der Waals surface area contributed by atoms with E-state index in [2.05, 4.69) is 0 Å². The van der Waals surface area contributed by atoms with Gasteiger partial charge in [-0.15, -0.1) is 0 Å². The van der Waals surface area contributed by atoms with Gasteiger partial charge in [0.05, 0.1) is 17.7 Å². The molecule has 0 unspecified atom stereocenters. The van der Waals surface area contributed by atoms with Gasteiger partial charge >= 0.3 is 0 Å². The third-order valence-corrected chi connectivity index (χ3v) is 2.29. The van der Waals surface area contributed by atoms with E-state index in [1.165, 1.54) is 7.11 Å². The molecule has 1 aromatic carbocycles. The van der Waals surface area contributed by atoms with E-state index < -0.39 is 5.24 Å². The molecule has 0 radical (unpaired) electrons. The van der Waals surface area contributed by atoms with Crippen LogP contribution in [0.3, 0.4) is 0 Å². The van der Waals surface area contributed by atoms with E-state index in [1.807, 2.05) is 6.92 Å². The van der Waals surface area contributed by atoms with Gasteiger partial charge in [0.15, 0.2) is 0 Å². The summed E-state index contributed by atoms with van der Waals surface area (Å²) < 4.78 is 5.02. The molecule has 0 bridgehead atoms. The molecular formula is C9H8Cl2O2. The molecule has 0 saturated heterocycles. The van der Waals surface area contributed by atoms with Crippen LogP contribution in [0.5, 0.6) is 5.75 Å². The van der Waals surface area contributed by atoms with Crippen molar-refractivity contribution >= 4 is 28.4 Å². The molecule has 0 atom stereocenters. The molecule has 70 valence electrons. The third-order valence-electron chi connectivity index (χ3n) is 1.71. The Morgan fingerprint density at radius 2 is 2.08 bits per heavy atom. The summed E-state index contributed by atoms with van der Waals surface area (Å²) in [6.07, 6.45) is 0. The minimum atomic E-state index is -0.580. The van der Waals surface area contributed by atoms with Crippen LogP contribution in [0.1, 0.15) is 15.9 Å². The van der Waals surface area contributed by atoms with E-state index >= 15 is 0 Å². The van der Waals surface area contributed by atoms with Gasteiger partial charge in [0.1, 0.15) is 5.75 Å². The lowest BCUT2D eigenvalue weighted by Crippen LogP contribution is -1.95. The number of hydrogen-bond acceptors (Lipinski definition) is 2. The Morgan fingerprint density at radius 3 is 2.54 bits per heavy atom. The Balaban J connectivity index is 3.35. The molecule has 13 heavy (non-hydrogen) atoms. The second kappa shape index (κ2) is 3.99. The lowest BCUT2D eigenvalue weighted by atomic mass is 10.1. The Hall–Kier alpha value is -0.730. The predicted octanol–water partition coefficient (Wildman–Crippen LogP) is 3.04. The van der Waals surface area contributed by atoms with Crippen molar-refractivity contribution in [3.8, 4) is 5.75 Å². The molecule has 0 heterocycles. The van der Waals surface area contributed by atoms with Crippen LogP contribution in [0, 0.1) is 6.92 Å². The van der Waals surface area contributed by atoms with Gasteiger partial charge in [0, 0.05) is 0 Å². The lowest BCUT2D eigenvalue weighted by molar-refractivity contribution is 0.108. The van der Waals surface area contributed by atoms with Gasteiger partial charge in [0.2, 0.25) is 0 Å². The average molecular weight is 219 g/mol. The first kappa shape index (κ1) is 10.4. The summed E-state index contributed by atoms with van der Waals surface area (Å²) >= 11 is 11.2. The number of carbonyl (C=O) groups excluding carboxylic acids is 1. The van der Waals surface area contributed by atoms with Gasteiger partial charge < -0.3 is 4.74 Å². The minimum Gasteiger partial charge on any atom is -0.495 e.